The van der Waals surface area contributed by atoms with E-state index in [0.29, 0.717) is 24.5 Å². The van der Waals surface area contributed by atoms with Crippen molar-refractivity contribution in [3.8, 4) is 0 Å². The number of carbonyl (C=O) groups is 1. The number of hydrogen-bond acceptors (Lipinski definition) is 5. The Kier molecular flexibility index (Phi) is 3.50. The number of carbonyl (C=O) groups excluding carboxylic acids is 1. The van der Waals surface area contributed by atoms with Gasteiger partial charge >= 0.3 is 0 Å². The molecule has 2 aromatic heterocycles. The molecule has 112 valence electrons. The van der Waals surface area contributed by atoms with Gasteiger partial charge in [-0.2, -0.15) is 0 Å². The van der Waals surface area contributed by atoms with E-state index in [-0.39, 0.29) is 11.9 Å². The molecule has 2 aromatic rings. The highest BCUT2D eigenvalue weighted by molar-refractivity contribution is 5.91. The van der Waals surface area contributed by atoms with Gasteiger partial charge in [0, 0.05) is 45.1 Å². The summed E-state index contributed by atoms with van der Waals surface area (Å²) in [6, 6.07) is 1.77. The second kappa shape index (κ2) is 5.33. The molecule has 7 heteroatoms. The lowest BCUT2D eigenvalue weighted by atomic mass is 10.1. The van der Waals surface area contributed by atoms with Gasteiger partial charge in [0.1, 0.15) is 5.82 Å². The Labute approximate surface area is 123 Å². The summed E-state index contributed by atoms with van der Waals surface area (Å²) in [5.74, 6) is 1.15. The average molecular weight is 289 g/mol. The third-order valence-electron chi connectivity index (χ3n) is 3.93. The molecule has 1 saturated heterocycles. The van der Waals surface area contributed by atoms with Crippen LogP contribution in [0.5, 0.6) is 0 Å². The summed E-state index contributed by atoms with van der Waals surface area (Å²) in [6.07, 6.45) is 3.70. The lowest BCUT2D eigenvalue weighted by Crippen LogP contribution is -2.49. The number of likely N-dealkylation sites (N-methyl/N-ethyl adjacent to an activating group) is 1. The predicted molar refractivity (Wildman–Crippen MR) is 75.7 cm³/mol. The molecular weight excluding hydrogens is 270 g/mol. The number of aryl methyl sites for hydroxylation is 2. The van der Waals surface area contributed by atoms with E-state index in [1.807, 2.05) is 17.8 Å². The maximum Gasteiger partial charge on any atom is 0.292 e. The van der Waals surface area contributed by atoms with Gasteiger partial charge in [-0.3, -0.25) is 9.69 Å². The summed E-state index contributed by atoms with van der Waals surface area (Å²) in [6.45, 7) is 3.88. The first-order chi connectivity index (χ1) is 10.1. The zero-order chi connectivity index (χ0) is 15.0. The van der Waals surface area contributed by atoms with E-state index in [1.165, 1.54) is 0 Å². The lowest BCUT2D eigenvalue weighted by molar-refractivity contribution is 0.0492. The van der Waals surface area contributed by atoms with Gasteiger partial charge in [0.15, 0.2) is 0 Å². The molecule has 7 nitrogen and oxygen atoms in total. The van der Waals surface area contributed by atoms with Crippen molar-refractivity contribution in [1.82, 2.24) is 24.5 Å². The fourth-order valence-electron chi connectivity index (χ4n) is 2.66. The molecule has 0 unspecified atom stereocenters. The number of amides is 1. The summed E-state index contributed by atoms with van der Waals surface area (Å²) in [7, 11) is 4.02. The van der Waals surface area contributed by atoms with Crippen molar-refractivity contribution in [3.05, 3.63) is 35.7 Å². The van der Waals surface area contributed by atoms with Crippen LogP contribution in [0.15, 0.2) is 23.0 Å². The van der Waals surface area contributed by atoms with Crippen LogP contribution in [0.3, 0.4) is 0 Å². The number of imidazole rings is 1. The van der Waals surface area contributed by atoms with Crippen molar-refractivity contribution in [2.75, 3.05) is 26.7 Å². The molecule has 1 aliphatic heterocycles. The standard InChI is InChI=1S/C14H19N5O2/c1-10-8-12(21-16-10)14(20)19-7-6-17(2)11(9-19)13-15-4-5-18(13)3/h4-5,8,11H,6-7,9H2,1-3H3/t11-/m0/s1. The number of piperazine rings is 1. The average Bonchev–Trinajstić information content (AvgIpc) is 3.07. The summed E-state index contributed by atoms with van der Waals surface area (Å²) in [4.78, 5) is 20.9. The van der Waals surface area contributed by atoms with Gasteiger partial charge in [-0.05, 0) is 14.0 Å². The fourth-order valence-corrected chi connectivity index (χ4v) is 2.66. The Bertz CT molecular complexity index is 647. The Morgan fingerprint density at radius 1 is 1.38 bits per heavy atom. The van der Waals surface area contributed by atoms with Crippen LogP contribution < -0.4 is 0 Å². The van der Waals surface area contributed by atoms with Gasteiger partial charge in [-0.15, -0.1) is 0 Å². The van der Waals surface area contributed by atoms with Crippen LogP contribution in [0, 0.1) is 6.92 Å². The molecule has 0 radical (unpaired) electrons. The van der Waals surface area contributed by atoms with Gasteiger partial charge in [0.25, 0.3) is 5.91 Å². The van der Waals surface area contributed by atoms with Crippen molar-refractivity contribution in [2.24, 2.45) is 7.05 Å². The highest BCUT2D eigenvalue weighted by Gasteiger charge is 2.32. The molecule has 3 rings (SSSR count). The van der Waals surface area contributed by atoms with E-state index in [9.17, 15) is 4.79 Å². The van der Waals surface area contributed by atoms with E-state index < -0.39 is 0 Å². The molecule has 0 bridgehead atoms. The summed E-state index contributed by atoms with van der Waals surface area (Å²) >= 11 is 0. The van der Waals surface area contributed by atoms with Crippen molar-refractivity contribution in [3.63, 3.8) is 0 Å². The number of hydrogen-bond donors (Lipinski definition) is 0. The van der Waals surface area contributed by atoms with Crippen molar-refractivity contribution >= 4 is 5.91 Å². The number of rotatable bonds is 2. The minimum absolute atomic E-state index is 0.0896. The molecule has 1 amide bonds. The normalized spacial score (nSPS) is 20.0. The van der Waals surface area contributed by atoms with E-state index in [2.05, 4.69) is 22.1 Å². The minimum atomic E-state index is -0.108. The Morgan fingerprint density at radius 3 is 2.81 bits per heavy atom. The first kappa shape index (κ1) is 13.8. The van der Waals surface area contributed by atoms with Crippen LogP contribution in [-0.2, 0) is 7.05 Å². The summed E-state index contributed by atoms with van der Waals surface area (Å²) in [5, 5.41) is 3.78. The summed E-state index contributed by atoms with van der Waals surface area (Å²) in [5.41, 5.74) is 0.716. The van der Waals surface area contributed by atoms with E-state index in [0.717, 1.165) is 12.4 Å². The molecule has 1 atom stereocenters. The molecule has 1 aliphatic rings. The van der Waals surface area contributed by atoms with Crippen LogP contribution in [0.4, 0.5) is 0 Å². The Hall–Kier alpha value is -2.15. The quantitative estimate of drug-likeness (QED) is 0.820. The Morgan fingerprint density at radius 2 is 2.19 bits per heavy atom. The van der Waals surface area contributed by atoms with Crippen molar-refractivity contribution in [2.45, 2.75) is 13.0 Å². The fraction of sp³-hybridized carbons (Fsp3) is 0.500. The van der Waals surface area contributed by atoms with Crippen LogP contribution in [0.25, 0.3) is 0 Å². The van der Waals surface area contributed by atoms with Crippen LogP contribution in [0.2, 0.25) is 0 Å². The topological polar surface area (TPSA) is 67.4 Å². The molecule has 0 N–H and O–H groups in total. The van der Waals surface area contributed by atoms with Crippen LogP contribution in [-0.4, -0.2) is 57.1 Å². The van der Waals surface area contributed by atoms with Crippen LogP contribution in [0.1, 0.15) is 28.1 Å². The number of aromatic nitrogens is 3. The van der Waals surface area contributed by atoms with Crippen LogP contribution >= 0.6 is 0 Å². The van der Waals surface area contributed by atoms with E-state index in [4.69, 9.17) is 4.52 Å². The highest BCUT2D eigenvalue weighted by Crippen LogP contribution is 2.23. The third kappa shape index (κ3) is 2.56. The lowest BCUT2D eigenvalue weighted by Gasteiger charge is -2.38. The summed E-state index contributed by atoms with van der Waals surface area (Å²) < 4.78 is 7.07. The van der Waals surface area contributed by atoms with E-state index in [1.54, 1.807) is 24.1 Å². The molecular formula is C14H19N5O2. The Balaban J connectivity index is 1.80. The first-order valence-electron chi connectivity index (χ1n) is 6.96. The predicted octanol–water partition coefficient (Wildman–Crippen LogP) is 0.845. The highest BCUT2D eigenvalue weighted by atomic mass is 16.5. The van der Waals surface area contributed by atoms with Gasteiger partial charge < -0.3 is 14.0 Å². The maximum absolute atomic E-state index is 12.5. The van der Waals surface area contributed by atoms with Gasteiger partial charge in [0.05, 0.1) is 11.7 Å². The zero-order valence-electron chi connectivity index (χ0n) is 12.5. The monoisotopic (exact) mass is 289 g/mol. The second-order valence-electron chi connectivity index (χ2n) is 5.48. The molecule has 0 aromatic carbocycles. The van der Waals surface area contributed by atoms with E-state index >= 15 is 0 Å². The molecule has 0 aliphatic carbocycles. The first-order valence-corrected chi connectivity index (χ1v) is 6.96. The molecule has 0 saturated carbocycles. The second-order valence-corrected chi connectivity index (χ2v) is 5.48. The molecule has 1 fully saturated rings. The maximum atomic E-state index is 12.5. The smallest absolute Gasteiger partial charge is 0.292 e. The molecule has 3 heterocycles. The number of nitrogens with zero attached hydrogens (tertiary/aromatic N) is 5. The minimum Gasteiger partial charge on any atom is -0.351 e. The molecule has 21 heavy (non-hydrogen) atoms. The zero-order valence-corrected chi connectivity index (χ0v) is 12.5. The van der Waals surface area contributed by atoms with Gasteiger partial charge in [0.2, 0.25) is 5.76 Å². The third-order valence-corrected chi connectivity index (χ3v) is 3.93. The van der Waals surface area contributed by atoms with Crippen molar-refractivity contribution in [1.29, 1.82) is 0 Å². The largest absolute Gasteiger partial charge is 0.351 e. The van der Waals surface area contributed by atoms with Gasteiger partial charge in [-0.1, -0.05) is 5.16 Å². The van der Waals surface area contributed by atoms with Crippen molar-refractivity contribution < 1.29 is 9.32 Å². The molecule has 0 spiro atoms. The SMILES string of the molecule is Cc1cc(C(=O)N2CCN(C)[C@H](c3nccn3C)C2)on1. The van der Waals surface area contributed by atoms with Gasteiger partial charge in [-0.25, -0.2) is 4.98 Å².